The van der Waals surface area contributed by atoms with E-state index in [1.807, 2.05) is 48.5 Å². The first-order valence-electron chi connectivity index (χ1n) is 10.6. The minimum Gasteiger partial charge on any atom is -0.496 e. The molecule has 0 radical (unpaired) electrons. The predicted molar refractivity (Wildman–Crippen MR) is 133 cm³/mol. The molecule has 5 rings (SSSR count). The lowest BCUT2D eigenvalue weighted by Gasteiger charge is -2.07. The van der Waals surface area contributed by atoms with Crippen LogP contribution in [0.15, 0.2) is 99.8 Å². The minimum absolute atomic E-state index is 0.289. The molecule has 0 atom stereocenters. The van der Waals surface area contributed by atoms with Gasteiger partial charge in [0.25, 0.3) is 5.56 Å². The van der Waals surface area contributed by atoms with Gasteiger partial charge in [-0.15, -0.1) is 0 Å². The van der Waals surface area contributed by atoms with E-state index in [4.69, 9.17) is 18.9 Å². The van der Waals surface area contributed by atoms with Crippen molar-refractivity contribution in [1.82, 2.24) is 9.66 Å². The van der Waals surface area contributed by atoms with E-state index in [0.717, 1.165) is 10.9 Å². The summed E-state index contributed by atoms with van der Waals surface area (Å²) in [6, 6.07) is 21.9. The fourth-order valence-corrected chi connectivity index (χ4v) is 3.68. The third-order valence-electron chi connectivity index (χ3n) is 5.26. The van der Waals surface area contributed by atoms with Crippen LogP contribution in [0.5, 0.6) is 11.5 Å². The minimum atomic E-state index is -0.302. The molecule has 7 nitrogen and oxygen atoms in total. The van der Waals surface area contributed by atoms with Crippen molar-refractivity contribution in [1.29, 1.82) is 0 Å². The summed E-state index contributed by atoms with van der Waals surface area (Å²) in [5.41, 5.74) is 1.64. The lowest BCUT2D eigenvalue weighted by Crippen LogP contribution is -2.20. The summed E-state index contributed by atoms with van der Waals surface area (Å²) in [6.45, 7) is 4.06. The van der Waals surface area contributed by atoms with E-state index < -0.39 is 0 Å². The van der Waals surface area contributed by atoms with Crippen LogP contribution in [-0.4, -0.2) is 29.6 Å². The molecule has 0 saturated heterocycles. The molecular formula is C27H21N3O4. The Morgan fingerprint density at radius 1 is 1.06 bits per heavy atom. The van der Waals surface area contributed by atoms with Crippen molar-refractivity contribution in [2.45, 2.75) is 0 Å². The predicted octanol–water partition coefficient (Wildman–Crippen LogP) is 5.27. The van der Waals surface area contributed by atoms with Crippen LogP contribution in [0.1, 0.15) is 5.56 Å². The number of fused-ring (bicyclic) bond motifs is 2. The number of nitrogens with zero attached hydrogens (tertiary/aromatic N) is 3. The van der Waals surface area contributed by atoms with E-state index in [-0.39, 0.29) is 11.4 Å². The Hall–Kier alpha value is -4.65. The van der Waals surface area contributed by atoms with E-state index in [9.17, 15) is 4.79 Å². The van der Waals surface area contributed by atoms with Crippen LogP contribution in [0.3, 0.4) is 0 Å². The molecule has 2 heterocycles. The quantitative estimate of drug-likeness (QED) is 0.249. The monoisotopic (exact) mass is 451 g/mol. The SMILES string of the molecule is C=CCOc1cccc(C=Nn2c(-c3cc4c(OC)cccc4o3)nc3ccccc3c2=O)c1. The zero-order valence-electron chi connectivity index (χ0n) is 18.5. The topological polar surface area (TPSA) is 78.8 Å². The van der Waals surface area contributed by atoms with E-state index >= 15 is 0 Å². The lowest BCUT2D eigenvalue weighted by molar-refractivity contribution is 0.363. The van der Waals surface area contributed by atoms with E-state index in [1.165, 1.54) is 4.68 Å². The fourth-order valence-electron chi connectivity index (χ4n) is 3.68. The van der Waals surface area contributed by atoms with Gasteiger partial charge in [-0.3, -0.25) is 4.79 Å². The van der Waals surface area contributed by atoms with Crippen molar-refractivity contribution in [2.75, 3.05) is 13.7 Å². The summed E-state index contributed by atoms with van der Waals surface area (Å²) in [6.07, 6.45) is 3.26. The Labute approximate surface area is 195 Å². The van der Waals surface area contributed by atoms with Crippen LogP contribution in [0, 0.1) is 0 Å². The molecule has 0 amide bonds. The van der Waals surface area contributed by atoms with E-state index in [1.54, 1.807) is 43.7 Å². The highest BCUT2D eigenvalue weighted by Crippen LogP contribution is 2.32. The van der Waals surface area contributed by atoms with Gasteiger partial charge in [0.05, 0.1) is 29.6 Å². The maximum absolute atomic E-state index is 13.4. The Balaban J connectivity index is 1.66. The molecule has 2 aromatic heterocycles. The molecule has 7 heteroatoms. The molecule has 3 aromatic carbocycles. The molecule has 34 heavy (non-hydrogen) atoms. The van der Waals surface area contributed by atoms with Gasteiger partial charge >= 0.3 is 0 Å². The summed E-state index contributed by atoms with van der Waals surface area (Å²) in [5, 5.41) is 5.73. The standard InChI is InChI=1S/C27H21N3O4/c1-3-14-33-19-9-6-8-18(15-19)17-28-30-26(29-22-11-5-4-10-20(22)27(30)31)25-16-21-23(32-2)12-7-13-24(21)34-25/h3-13,15-17H,1,14H2,2H3. The molecule has 0 bridgehead atoms. The first-order valence-corrected chi connectivity index (χ1v) is 10.6. The molecule has 0 aliphatic rings. The molecule has 0 fully saturated rings. The molecule has 0 aliphatic heterocycles. The van der Waals surface area contributed by atoms with Gasteiger partial charge in [0.2, 0.25) is 5.82 Å². The average Bonchev–Trinajstić information content (AvgIpc) is 3.31. The Morgan fingerprint density at radius 3 is 2.76 bits per heavy atom. The molecule has 0 saturated carbocycles. The van der Waals surface area contributed by atoms with Crippen LogP contribution in [0.4, 0.5) is 0 Å². The highest BCUT2D eigenvalue weighted by molar-refractivity contribution is 5.88. The summed E-state index contributed by atoms with van der Waals surface area (Å²) in [4.78, 5) is 18.1. The lowest BCUT2D eigenvalue weighted by atomic mass is 10.2. The number of rotatable bonds is 7. The van der Waals surface area contributed by atoms with Crippen LogP contribution in [0.25, 0.3) is 33.5 Å². The van der Waals surface area contributed by atoms with Gasteiger partial charge in [-0.25, -0.2) is 4.98 Å². The van der Waals surface area contributed by atoms with Crippen LogP contribution < -0.4 is 15.0 Å². The Bertz CT molecular complexity index is 1600. The Morgan fingerprint density at radius 2 is 1.91 bits per heavy atom. The van der Waals surface area contributed by atoms with Gasteiger partial charge in [-0.2, -0.15) is 9.78 Å². The number of para-hydroxylation sites is 1. The summed E-state index contributed by atoms with van der Waals surface area (Å²) in [5.74, 6) is 2.04. The zero-order valence-corrected chi connectivity index (χ0v) is 18.5. The van der Waals surface area contributed by atoms with Crippen molar-refractivity contribution in [3.63, 3.8) is 0 Å². The molecule has 0 N–H and O–H groups in total. The Kier molecular flexibility index (Phi) is 5.66. The van der Waals surface area contributed by atoms with Gasteiger partial charge < -0.3 is 13.9 Å². The highest BCUT2D eigenvalue weighted by atomic mass is 16.5. The van der Waals surface area contributed by atoms with Gasteiger partial charge in [0, 0.05) is 0 Å². The third-order valence-corrected chi connectivity index (χ3v) is 5.26. The maximum Gasteiger partial charge on any atom is 0.282 e. The van der Waals surface area contributed by atoms with Crippen LogP contribution >= 0.6 is 0 Å². The van der Waals surface area contributed by atoms with Crippen LogP contribution in [-0.2, 0) is 0 Å². The van der Waals surface area contributed by atoms with Crippen molar-refractivity contribution >= 4 is 28.1 Å². The summed E-state index contributed by atoms with van der Waals surface area (Å²) < 4.78 is 18.3. The van der Waals surface area contributed by atoms with Crippen molar-refractivity contribution in [3.8, 4) is 23.1 Å². The number of methoxy groups -OCH3 is 1. The van der Waals surface area contributed by atoms with Crippen molar-refractivity contribution < 1.29 is 13.9 Å². The van der Waals surface area contributed by atoms with Gasteiger partial charge in [0.15, 0.2) is 5.76 Å². The number of hydrogen-bond donors (Lipinski definition) is 0. The van der Waals surface area contributed by atoms with E-state index in [2.05, 4.69) is 11.7 Å². The van der Waals surface area contributed by atoms with E-state index in [0.29, 0.717) is 40.4 Å². The summed E-state index contributed by atoms with van der Waals surface area (Å²) >= 11 is 0. The summed E-state index contributed by atoms with van der Waals surface area (Å²) in [7, 11) is 1.60. The smallest absolute Gasteiger partial charge is 0.282 e. The number of ether oxygens (including phenoxy) is 2. The third kappa shape index (κ3) is 3.95. The molecule has 0 unspecified atom stereocenters. The normalized spacial score (nSPS) is 11.3. The fraction of sp³-hybridized carbons (Fsp3) is 0.0741. The molecule has 0 aliphatic carbocycles. The van der Waals surface area contributed by atoms with Gasteiger partial charge in [0.1, 0.15) is 23.7 Å². The zero-order chi connectivity index (χ0) is 23.5. The van der Waals surface area contributed by atoms with Crippen LogP contribution in [0.2, 0.25) is 0 Å². The maximum atomic E-state index is 13.4. The number of hydrogen-bond acceptors (Lipinski definition) is 6. The second kappa shape index (κ2) is 9.07. The van der Waals surface area contributed by atoms with Crippen molar-refractivity contribution in [3.05, 3.63) is 101 Å². The molecule has 168 valence electrons. The average molecular weight is 451 g/mol. The van der Waals surface area contributed by atoms with Crippen molar-refractivity contribution in [2.24, 2.45) is 5.10 Å². The molecule has 5 aromatic rings. The van der Waals surface area contributed by atoms with Gasteiger partial charge in [-0.1, -0.05) is 43.0 Å². The number of aromatic nitrogens is 2. The highest BCUT2D eigenvalue weighted by Gasteiger charge is 2.17. The van der Waals surface area contributed by atoms with Gasteiger partial charge in [-0.05, 0) is 48.0 Å². The second-order valence-electron chi connectivity index (χ2n) is 7.47. The number of furan rings is 1. The first kappa shape index (κ1) is 21.2. The largest absolute Gasteiger partial charge is 0.496 e. The number of benzene rings is 3. The molecule has 0 spiro atoms. The first-order chi connectivity index (χ1) is 16.7. The molecular weight excluding hydrogens is 430 g/mol. The second-order valence-corrected chi connectivity index (χ2v) is 7.47.